The van der Waals surface area contributed by atoms with Crippen LogP contribution in [-0.2, 0) is 9.59 Å². The molecule has 0 radical (unpaired) electrons. The SMILES string of the molecule is Cc1nc(N2C(=O)C(=O)/C(=C(/O)c3ccc(F)cc3)C2c2ccc(O)cc2)sc1C. The van der Waals surface area contributed by atoms with Gasteiger partial charge in [-0.25, -0.2) is 9.37 Å². The van der Waals surface area contributed by atoms with Crippen LogP contribution in [-0.4, -0.2) is 26.9 Å². The molecule has 1 aliphatic rings. The maximum atomic E-state index is 13.3. The van der Waals surface area contributed by atoms with Crippen molar-refractivity contribution in [1.29, 1.82) is 0 Å². The first-order valence-electron chi connectivity index (χ1n) is 9.08. The summed E-state index contributed by atoms with van der Waals surface area (Å²) in [6, 6.07) is 10.1. The highest BCUT2D eigenvalue weighted by atomic mass is 32.1. The van der Waals surface area contributed by atoms with E-state index in [1.165, 1.54) is 40.5 Å². The minimum Gasteiger partial charge on any atom is -0.508 e. The molecule has 0 bridgehead atoms. The number of Topliss-reactive ketones (excluding diaryl/α,β-unsaturated/α-hetero) is 1. The topological polar surface area (TPSA) is 90.7 Å². The average Bonchev–Trinajstić information content (AvgIpc) is 3.18. The van der Waals surface area contributed by atoms with E-state index in [1.54, 1.807) is 19.1 Å². The van der Waals surface area contributed by atoms with Gasteiger partial charge in [-0.05, 0) is 55.8 Å². The predicted molar refractivity (Wildman–Crippen MR) is 111 cm³/mol. The number of anilines is 1. The van der Waals surface area contributed by atoms with E-state index in [-0.39, 0.29) is 16.9 Å². The standard InChI is InChI=1S/C22H17FN2O4S/c1-11-12(2)30-22(24-11)25-18(13-5-9-16(26)10-6-13)17(20(28)21(25)29)19(27)14-3-7-15(23)8-4-14/h3-10,18,26-27H,1-2H3/b19-17+. The summed E-state index contributed by atoms with van der Waals surface area (Å²) in [4.78, 5) is 32.5. The van der Waals surface area contributed by atoms with Crippen molar-refractivity contribution < 1.29 is 24.2 Å². The van der Waals surface area contributed by atoms with Crippen LogP contribution in [0.2, 0.25) is 0 Å². The number of aliphatic hydroxyl groups excluding tert-OH is 1. The lowest BCUT2D eigenvalue weighted by molar-refractivity contribution is -0.132. The van der Waals surface area contributed by atoms with Crippen LogP contribution < -0.4 is 4.90 Å². The van der Waals surface area contributed by atoms with Crippen molar-refractivity contribution in [3.05, 3.63) is 81.6 Å². The smallest absolute Gasteiger partial charge is 0.301 e. The lowest BCUT2D eigenvalue weighted by atomic mass is 9.95. The Bertz CT molecular complexity index is 1160. The van der Waals surface area contributed by atoms with Gasteiger partial charge in [-0.3, -0.25) is 14.5 Å². The Morgan fingerprint density at radius 2 is 1.70 bits per heavy atom. The molecule has 0 saturated carbocycles. The fourth-order valence-electron chi connectivity index (χ4n) is 3.32. The quantitative estimate of drug-likeness (QED) is 0.373. The largest absolute Gasteiger partial charge is 0.508 e. The van der Waals surface area contributed by atoms with Crippen LogP contribution in [0, 0.1) is 19.7 Å². The first-order chi connectivity index (χ1) is 14.3. The van der Waals surface area contributed by atoms with Crippen LogP contribution in [0.5, 0.6) is 5.75 Å². The summed E-state index contributed by atoms with van der Waals surface area (Å²) in [5, 5.41) is 20.9. The van der Waals surface area contributed by atoms with Gasteiger partial charge in [0.15, 0.2) is 5.13 Å². The summed E-state index contributed by atoms with van der Waals surface area (Å²) in [6.45, 7) is 3.67. The fourth-order valence-corrected chi connectivity index (χ4v) is 4.26. The second-order valence-electron chi connectivity index (χ2n) is 6.91. The Hall–Kier alpha value is -3.52. The molecule has 152 valence electrons. The number of aromatic nitrogens is 1. The van der Waals surface area contributed by atoms with Crippen LogP contribution >= 0.6 is 11.3 Å². The van der Waals surface area contributed by atoms with Gasteiger partial charge in [0.25, 0.3) is 5.78 Å². The third-order valence-electron chi connectivity index (χ3n) is 4.99. The summed E-state index contributed by atoms with van der Waals surface area (Å²) in [7, 11) is 0. The number of phenols is 1. The number of ketones is 1. The van der Waals surface area contributed by atoms with Crippen molar-refractivity contribution in [3.8, 4) is 5.75 Å². The van der Waals surface area contributed by atoms with Gasteiger partial charge in [-0.2, -0.15) is 0 Å². The summed E-state index contributed by atoms with van der Waals surface area (Å²) < 4.78 is 13.3. The molecule has 1 aliphatic heterocycles. The number of benzene rings is 2. The normalized spacial score (nSPS) is 18.2. The van der Waals surface area contributed by atoms with Gasteiger partial charge in [0.1, 0.15) is 17.3 Å². The maximum Gasteiger partial charge on any atom is 0.301 e. The van der Waals surface area contributed by atoms with E-state index >= 15 is 0 Å². The summed E-state index contributed by atoms with van der Waals surface area (Å²) >= 11 is 1.27. The molecule has 4 rings (SSSR count). The molecule has 1 amide bonds. The van der Waals surface area contributed by atoms with Gasteiger partial charge in [0, 0.05) is 10.4 Å². The molecule has 1 unspecified atom stereocenters. The predicted octanol–water partition coefficient (Wildman–Crippen LogP) is 4.23. The highest BCUT2D eigenvalue weighted by molar-refractivity contribution is 7.16. The Morgan fingerprint density at radius 3 is 2.27 bits per heavy atom. The third-order valence-corrected chi connectivity index (χ3v) is 6.07. The second kappa shape index (κ2) is 7.38. The van der Waals surface area contributed by atoms with Gasteiger partial charge < -0.3 is 10.2 Å². The number of rotatable bonds is 3. The van der Waals surface area contributed by atoms with Crippen LogP contribution in [0.3, 0.4) is 0 Å². The van der Waals surface area contributed by atoms with Crippen molar-refractivity contribution >= 4 is 33.9 Å². The molecular weight excluding hydrogens is 407 g/mol. The van der Waals surface area contributed by atoms with Crippen molar-refractivity contribution in [2.45, 2.75) is 19.9 Å². The molecular formula is C22H17FN2O4S. The van der Waals surface area contributed by atoms with Gasteiger partial charge in [0.05, 0.1) is 17.3 Å². The molecule has 30 heavy (non-hydrogen) atoms. The van der Waals surface area contributed by atoms with Gasteiger partial charge in [-0.15, -0.1) is 11.3 Å². The van der Waals surface area contributed by atoms with E-state index < -0.39 is 29.3 Å². The van der Waals surface area contributed by atoms with Crippen molar-refractivity contribution in [2.75, 3.05) is 4.90 Å². The second-order valence-corrected chi connectivity index (χ2v) is 8.09. The van der Waals surface area contributed by atoms with Crippen LogP contribution in [0.15, 0.2) is 54.1 Å². The lowest BCUT2D eigenvalue weighted by Gasteiger charge is -2.23. The van der Waals surface area contributed by atoms with E-state index in [9.17, 15) is 24.2 Å². The van der Waals surface area contributed by atoms with Crippen LogP contribution in [0.4, 0.5) is 9.52 Å². The van der Waals surface area contributed by atoms with Crippen LogP contribution in [0.25, 0.3) is 5.76 Å². The number of nitrogens with zero attached hydrogens (tertiary/aromatic N) is 2. The van der Waals surface area contributed by atoms with E-state index in [0.29, 0.717) is 10.7 Å². The third kappa shape index (κ3) is 3.25. The molecule has 0 spiro atoms. The molecule has 0 aliphatic carbocycles. The highest BCUT2D eigenvalue weighted by Gasteiger charge is 2.48. The fraction of sp³-hybridized carbons (Fsp3) is 0.136. The molecule has 1 aromatic heterocycles. The Kier molecular flexibility index (Phi) is 4.87. The number of aryl methyl sites for hydroxylation is 2. The van der Waals surface area contributed by atoms with Gasteiger partial charge in [-0.1, -0.05) is 12.1 Å². The first-order valence-corrected chi connectivity index (χ1v) is 9.89. The zero-order valence-electron chi connectivity index (χ0n) is 16.1. The van der Waals surface area contributed by atoms with Crippen molar-refractivity contribution in [1.82, 2.24) is 4.98 Å². The summed E-state index contributed by atoms with van der Waals surface area (Å²) in [5.41, 5.74) is 1.34. The number of thiazole rings is 1. The van der Waals surface area contributed by atoms with E-state index in [2.05, 4.69) is 4.98 Å². The summed E-state index contributed by atoms with van der Waals surface area (Å²) in [5.74, 6) is -2.55. The lowest BCUT2D eigenvalue weighted by Crippen LogP contribution is -2.29. The number of hydrogen-bond donors (Lipinski definition) is 2. The molecule has 8 heteroatoms. The monoisotopic (exact) mass is 424 g/mol. The minimum atomic E-state index is -0.944. The summed E-state index contributed by atoms with van der Waals surface area (Å²) in [6.07, 6.45) is 0. The number of amides is 1. The van der Waals surface area contributed by atoms with E-state index in [0.717, 1.165) is 22.7 Å². The van der Waals surface area contributed by atoms with Gasteiger partial charge in [0.2, 0.25) is 0 Å². The molecule has 6 nitrogen and oxygen atoms in total. The minimum absolute atomic E-state index is 0.0233. The Labute approximate surface area is 175 Å². The molecule has 2 aromatic carbocycles. The number of carbonyl (C=O) groups is 2. The molecule has 3 aromatic rings. The number of carbonyl (C=O) groups excluding carboxylic acids is 2. The first kappa shape index (κ1) is 19.8. The number of phenolic OH excluding ortho intramolecular Hbond substituents is 1. The Balaban J connectivity index is 1.94. The molecule has 1 fully saturated rings. The molecule has 1 saturated heterocycles. The van der Waals surface area contributed by atoms with Crippen molar-refractivity contribution in [3.63, 3.8) is 0 Å². The zero-order valence-corrected chi connectivity index (χ0v) is 16.9. The number of aliphatic hydroxyl groups is 1. The van der Waals surface area contributed by atoms with Crippen molar-refractivity contribution in [2.24, 2.45) is 0 Å². The van der Waals surface area contributed by atoms with E-state index in [4.69, 9.17) is 0 Å². The molecule has 2 heterocycles. The van der Waals surface area contributed by atoms with Crippen LogP contribution in [0.1, 0.15) is 27.7 Å². The maximum absolute atomic E-state index is 13.3. The molecule has 1 atom stereocenters. The van der Waals surface area contributed by atoms with Gasteiger partial charge >= 0.3 is 5.91 Å². The number of aromatic hydroxyl groups is 1. The Morgan fingerprint density at radius 1 is 1.07 bits per heavy atom. The highest BCUT2D eigenvalue weighted by Crippen LogP contribution is 2.43. The zero-order chi connectivity index (χ0) is 21.6. The average molecular weight is 424 g/mol. The van der Waals surface area contributed by atoms with E-state index in [1.807, 2.05) is 6.92 Å². The number of hydrogen-bond acceptors (Lipinski definition) is 6. The molecule has 2 N–H and O–H groups in total. The number of halogens is 1.